The van der Waals surface area contributed by atoms with Gasteiger partial charge in [0.25, 0.3) is 0 Å². The van der Waals surface area contributed by atoms with Crippen molar-refractivity contribution in [2.24, 2.45) is 11.3 Å². The Morgan fingerprint density at radius 1 is 0.750 bits per heavy atom. The van der Waals surface area contributed by atoms with Crippen LogP contribution in [0.3, 0.4) is 0 Å². The van der Waals surface area contributed by atoms with Crippen molar-refractivity contribution < 1.29 is 0 Å². The fraction of sp³-hybridized carbons (Fsp3) is 1.00. The van der Waals surface area contributed by atoms with E-state index in [1.165, 1.54) is 32.1 Å². The average Bonchev–Trinajstić information content (AvgIpc) is 2.49. The first kappa shape index (κ1) is 21.3. The highest BCUT2D eigenvalue weighted by molar-refractivity contribution is 4.74. The summed E-state index contributed by atoms with van der Waals surface area (Å²) in [6, 6.07) is 0. The van der Waals surface area contributed by atoms with E-state index in [1.54, 1.807) is 0 Å². The largest absolute Gasteiger partial charge is 0.0683 e. The van der Waals surface area contributed by atoms with E-state index >= 15 is 0 Å². The first-order chi connectivity index (χ1) is 7.60. The maximum Gasteiger partial charge on any atom is -0.0354 e. The van der Waals surface area contributed by atoms with Crippen molar-refractivity contribution in [3.8, 4) is 0 Å². The molecule has 0 spiro atoms. The lowest BCUT2D eigenvalue weighted by molar-refractivity contribution is 0.310. The van der Waals surface area contributed by atoms with Crippen LogP contribution in [0, 0.1) is 11.3 Å². The molecule has 0 aromatic carbocycles. The van der Waals surface area contributed by atoms with Gasteiger partial charge in [-0.2, -0.15) is 0 Å². The smallest absolute Gasteiger partial charge is 0.0354 e. The predicted molar refractivity (Wildman–Crippen MR) is 80.1 cm³/mol. The number of hydrogen-bond donors (Lipinski definition) is 0. The summed E-state index contributed by atoms with van der Waals surface area (Å²) >= 11 is 0. The molecule has 0 saturated heterocycles. The lowest BCUT2D eigenvalue weighted by atomic mass is 9.85. The molecule has 16 heavy (non-hydrogen) atoms. The van der Waals surface area contributed by atoms with Gasteiger partial charge in [0.2, 0.25) is 0 Å². The van der Waals surface area contributed by atoms with Crippen molar-refractivity contribution in [1.29, 1.82) is 0 Å². The molecule has 1 aliphatic rings. The van der Waals surface area contributed by atoms with E-state index in [4.69, 9.17) is 0 Å². The SMILES string of the molecule is CC.CC.CC.CC1CCCC(C)(C)CC1. The highest BCUT2D eigenvalue weighted by Gasteiger charge is 2.21. The Hall–Kier alpha value is 0. The van der Waals surface area contributed by atoms with Crippen LogP contribution in [0.25, 0.3) is 0 Å². The van der Waals surface area contributed by atoms with Crippen LogP contribution in [0.1, 0.15) is 94.4 Å². The van der Waals surface area contributed by atoms with Crippen molar-refractivity contribution in [1.82, 2.24) is 0 Å². The van der Waals surface area contributed by atoms with Gasteiger partial charge in [0.15, 0.2) is 0 Å². The Morgan fingerprint density at radius 2 is 1.19 bits per heavy atom. The molecule has 1 fully saturated rings. The van der Waals surface area contributed by atoms with Crippen molar-refractivity contribution >= 4 is 0 Å². The first-order valence-corrected chi connectivity index (χ1v) is 7.60. The van der Waals surface area contributed by atoms with Crippen LogP contribution in [0.5, 0.6) is 0 Å². The molecule has 0 heteroatoms. The van der Waals surface area contributed by atoms with E-state index in [-0.39, 0.29) is 0 Å². The van der Waals surface area contributed by atoms with Crippen LogP contribution in [0.15, 0.2) is 0 Å². The van der Waals surface area contributed by atoms with Gasteiger partial charge >= 0.3 is 0 Å². The third kappa shape index (κ3) is 14.0. The fourth-order valence-corrected chi connectivity index (χ4v) is 1.84. The molecule has 0 amide bonds. The number of hydrogen-bond acceptors (Lipinski definition) is 0. The van der Waals surface area contributed by atoms with Crippen molar-refractivity contribution in [2.75, 3.05) is 0 Å². The Labute approximate surface area is 106 Å². The Kier molecular flexibility index (Phi) is 20.0. The van der Waals surface area contributed by atoms with Gasteiger partial charge < -0.3 is 0 Å². The van der Waals surface area contributed by atoms with Crippen molar-refractivity contribution in [2.45, 2.75) is 94.4 Å². The van der Waals surface area contributed by atoms with E-state index in [0.717, 1.165) is 5.92 Å². The standard InChI is InChI=1S/C10H20.3C2H6/c1-9-5-4-7-10(2,3)8-6-9;3*1-2/h9H,4-8H2,1-3H3;3*1-2H3. The molecule has 0 aliphatic heterocycles. The molecule has 1 rings (SSSR count). The second-order valence-corrected chi connectivity index (χ2v) is 4.70. The molecule has 0 aromatic heterocycles. The summed E-state index contributed by atoms with van der Waals surface area (Å²) in [6.45, 7) is 19.2. The summed E-state index contributed by atoms with van der Waals surface area (Å²) in [4.78, 5) is 0. The maximum absolute atomic E-state index is 2.41. The second kappa shape index (κ2) is 15.0. The lowest BCUT2D eigenvalue weighted by Crippen LogP contribution is -2.08. The van der Waals surface area contributed by atoms with Crippen LogP contribution in [-0.2, 0) is 0 Å². The quantitative estimate of drug-likeness (QED) is 0.407. The maximum atomic E-state index is 2.41. The topological polar surface area (TPSA) is 0 Å². The third-order valence-corrected chi connectivity index (χ3v) is 2.86. The van der Waals surface area contributed by atoms with Gasteiger partial charge in [-0.1, -0.05) is 81.6 Å². The Morgan fingerprint density at radius 3 is 1.62 bits per heavy atom. The highest BCUT2D eigenvalue weighted by atomic mass is 14.3. The van der Waals surface area contributed by atoms with E-state index in [0.29, 0.717) is 5.41 Å². The molecule has 0 radical (unpaired) electrons. The monoisotopic (exact) mass is 230 g/mol. The molecule has 1 unspecified atom stereocenters. The zero-order chi connectivity index (χ0) is 13.6. The summed E-state index contributed by atoms with van der Waals surface area (Å²) in [5.41, 5.74) is 0.644. The lowest BCUT2D eigenvalue weighted by Gasteiger charge is -2.21. The molecule has 0 nitrogen and oxygen atoms in total. The summed E-state index contributed by atoms with van der Waals surface area (Å²) in [7, 11) is 0. The first-order valence-electron chi connectivity index (χ1n) is 7.60. The molecule has 102 valence electrons. The van der Waals surface area contributed by atoms with Gasteiger partial charge in [0.05, 0.1) is 0 Å². The molecule has 0 aromatic rings. The van der Waals surface area contributed by atoms with Gasteiger partial charge in [-0.25, -0.2) is 0 Å². The summed E-state index contributed by atoms with van der Waals surface area (Å²) in [6.07, 6.45) is 7.25. The minimum absolute atomic E-state index is 0.644. The van der Waals surface area contributed by atoms with Crippen LogP contribution in [0.4, 0.5) is 0 Å². The molecule has 0 bridgehead atoms. The second-order valence-electron chi connectivity index (χ2n) is 4.70. The minimum Gasteiger partial charge on any atom is -0.0683 e. The molecule has 1 saturated carbocycles. The van der Waals surface area contributed by atoms with Gasteiger partial charge in [-0.05, 0) is 24.2 Å². The molecule has 0 N–H and O–H groups in total. The molecular formula is C16H38. The third-order valence-electron chi connectivity index (χ3n) is 2.86. The number of rotatable bonds is 0. The Balaban J connectivity index is -0.000000245. The van der Waals surface area contributed by atoms with E-state index in [9.17, 15) is 0 Å². The highest BCUT2D eigenvalue weighted by Crippen LogP contribution is 2.35. The fourth-order valence-electron chi connectivity index (χ4n) is 1.84. The molecular weight excluding hydrogens is 192 g/mol. The van der Waals surface area contributed by atoms with Gasteiger partial charge in [0.1, 0.15) is 0 Å². The van der Waals surface area contributed by atoms with Gasteiger partial charge in [0, 0.05) is 0 Å². The van der Waals surface area contributed by atoms with E-state index in [2.05, 4.69) is 20.8 Å². The van der Waals surface area contributed by atoms with Gasteiger partial charge in [-0.3, -0.25) is 0 Å². The van der Waals surface area contributed by atoms with Crippen molar-refractivity contribution in [3.05, 3.63) is 0 Å². The average molecular weight is 230 g/mol. The molecule has 1 aliphatic carbocycles. The van der Waals surface area contributed by atoms with Crippen LogP contribution in [0.2, 0.25) is 0 Å². The van der Waals surface area contributed by atoms with Crippen LogP contribution < -0.4 is 0 Å². The van der Waals surface area contributed by atoms with Gasteiger partial charge in [-0.15, -0.1) is 0 Å². The van der Waals surface area contributed by atoms with E-state index in [1.807, 2.05) is 41.5 Å². The summed E-state index contributed by atoms with van der Waals surface area (Å²) in [5.74, 6) is 0.988. The van der Waals surface area contributed by atoms with Crippen molar-refractivity contribution in [3.63, 3.8) is 0 Å². The molecule has 1 atom stereocenters. The van der Waals surface area contributed by atoms with E-state index < -0.39 is 0 Å². The zero-order valence-electron chi connectivity index (χ0n) is 13.6. The Bertz CT molecular complexity index is 103. The summed E-state index contributed by atoms with van der Waals surface area (Å²) < 4.78 is 0. The van der Waals surface area contributed by atoms with Crippen LogP contribution >= 0.6 is 0 Å². The van der Waals surface area contributed by atoms with Crippen LogP contribution in [-0.4, -0.2) is 0 Å². The normalized spacial score (nSPS) is 21.9. The minimum atomic E-state index is 0.644. The summed E-state index contributed by atoms with van der Waals surface area (Å²) in [5, 5.41) is 0. The zero-order valence-corrected chi connectivity index (χ0v) is 13.6. The molecule has 0 heterocycles. The predicted octanol–water partition coefficient (Wildman–Crippen LogP) is 6.69.